The molecule has 5 rings (SSSR count). The Balaban J connectivity index is 1.41. The quantitative estimate of drug-likeness (QED) is 0.423. The average molecular weight is 510 g/mol. The fraction of sp³-hybridized carbons (Fsp3) is 0.538. The van der Waals surface area contributed by atoms with Crippen LogP contribution in [0.5, 0.6) is 0 Å². The number of pyridine rings is 1. The van der Waals surface area contributed by atoms with Crippen LogP contribution in [0.4, 0.5) is 17.3 Å². The first-order chi connectivity index (χ1) is 17.9. The van der Waals surface area contributed by atoms with Crippen LogP contribution in [-0.4, -0.2) is 64.1 Å². The molecule has 2 fully saturated rings. The number of aromatic nitrogens is 4. The van der Waals surface area contributed by atoms with E-state index in [0.717, 1.165) is 38.5 Å². The van der Waals surface area contributed by atoms with Crippen LogP contribution < -0.4 is 21.5 Å². The highest BCUT2D eigenvalue weighted by Gasteiger charge is 2.44. The normalized spacial score (nSPS) is 25.5. The second-order valence-electron chi connectivity index (χ2n) is 10.1. The smallest absolute Gasteiger partial charge is 0.274 e. The summed E-state index contributed by atoms with van der Waals surface area (Å²) < 4.78 is 14.4. The Labute approximate surface area is 215 Å². The van der Waals surface area contributed by atoms with E-state index in [9.17, 15) is 9.59 Å². The number of ether oxygens (including phenoxy) is 2. The van der Waals surface area contributed by atoms with Crippen molar-refractivity contribution in [2.45, 2.75) is 69.2 Å². The Bertz CT molecular complexity index is 1340. The summed E-state index contributed by atoms with van der Waals surface area (Å²) in [6.07, 6.45) is 9.02. The zero-order valence-corrected chi connectivity index (χ0v) is 21.8. The Morgan fingerprint density at radius 2 is 1.97 bits per heavy atom. The minimum atomic E-state index is -0.370. The molecule has 2 aliphatic carbocycles. The molecule has 0 unspecified atom stereocenters. The number of anilines is 3. The molecule has 11 nitrogen and oxygen atoms in total. The van der Waals surface area contributed by atoms with Crippen LogP contribution in [-0.2, 0) is 9.47 Å². The van der Waals surface area contributed by atoms with Gasteiger partial charge in [-0.1, -0.05) is 0 Å². The monoisotopic (exact) mass is 509 g/mol. The van der Waals surface area contributed by atoms with E-state index in [1.54, 1.807) is 42.5 Å². The summed E-state index contributed by atoms with van der Waals surface area (Å²) in [4.78, 5) is 31.2. The molecule has 0 spiro atoms. The maximum absolute atomic E-state index is 13.3. The van der Waals surface area contributed by atoms with E-state index in [4.69, 9.17) is 9.47 Å². The highest BCUT2D eigenvalue weighted by Crippen LogP contribution is 2.35. The molecule has 3 heterocycles. The highest BCUT2D eigenvalue weighted by atomic mass is 16.5. The molecule has 0 radical (unpaired) electrons. The fourth-order valence-electron chi connectivity index (χ4n) is 5.36. The molecule has 0 saturated heterocycles. The third kappa shape index (κ3) is 4.69. The van der Waals surface area contributed by atoms with E-state index in [-0.39, 0.29) is 35.3 Å². The van der Waals surface area contributed by atoms with Crippen molar-refractivity contribution in [3.05, 3.63) is 46.5 Å². The predicted molar refractivity (Wildman–Crippen MR) is 141 cm³/mol. The molecule has 0 aromatic carbocycles. The number of carbonyl (C=O) groups excluding carboxylic acids is 1. The van der Waals surface area contributed by atoms with Crippen molar-refractivity contribution in [2.24, 2.45) is 0 Å². The minimum Gasteiger partial charge on any atom is -0.381 e. The van der Waals surface area contributed by atoms with Crippen molar-refractivity contribution in [3.63, 3.8) is 0 Å². The van der Waals surface area contributed by atoms with Gasteiger partial charge in [0.1, 0.15) is 22.9 Å². The lowest BCUT2D eigenvalue weighted by atomic mass is 9.76. The number of rotatable bonds is 8. The number of nitrogens with zero attached hydrogens (tertiary/aromatic N) is 4. The highest BCUT2D eigenvalue weighted by molar-refractivity contribution is 6.00. The molecule has 1 amide bonds. The van der Waals surface area contributed by atoms with Gasteiger partial charge < -0.3 is 30.0 Å². The summed E-state index contributed by atoms with van der Waals surface area (Å²) in [5.41, 5.74) is 0.688. The van der Waals surface area contributed by atoms with Crippen LogP contribution >= 0.6 is 0 Å². The number of carbonyl (C=O) groups is 1. The van der Waals surface area contributed by atoms with Crippen LogP contribution in [0.25, 0.3) is 5.65 Å². The van der Waals surface area contributed by atoms with E-state index in [1.165, 1.54) is 6.20 Å². The Hall–Kier alpha value is -3.44. The van der Waals surface area contributed by atoms with Crippen molar-refractivity contribution in [1.82, 2.24) is 24.5 Å². The van der Waals surface area contributed by atoms with Crippen molar-refractivity contribution < 1.29 is 14.3 Å². The standard InChI is InChI=1S/C26H35N7O4/c1-26(37-4)12-11-20(26)30-24(34)18-15-28-33-22(27-2)14-21(31-23(18)33)29-19-6-5-13-32(25(19)35)16-7-9-17(36-3)10-8-16/h5-6,13-17,20,27H,7-12H2,1-4H3,(H,29,31)(H,30,34)/t16-,17-,20-,26-/m0/s1. The van der Waals surface area contributed by atoms with E-state index in [1.807, 2.05) is 19.2 Å². The molecule has 3 N–H and O–H groups in total. The Morgan fingerprint density at radius 1 is 1.19 bits per heavy atom. The molecule has 2 atom stereocenters. The van der Waals surface area contributed by atoms with Crippen molar-refractivity contribution in [2.75, 3.05) is 31.9 Å². The minimum absolute atomic E-state index is 0.0771. The van der Waals surface area contributed by atoms with Gasteiger partial charge in [0, 0.05) is 39.6 Å². The van der Waals surface area contributed by atoms with Crippen LogP contribution in [0, 0.1) is 0 Å². The summed E-state index contributed by atoms with van der Waals surface area (Å²) in [6, 6.07) is 5.44. The number of fused-ring (bicyclic) bond motifs is 1. The molecule has 11 heteroatoms. The first-order valence-electron chi connectivity index (χ1n) is 12.8. The lowest BCUT2D eigenvalue weighted by Crippen LogP contribution is -2.59. The third-order valence-corrected chi connectivity index (χ3v) is 8.02. The van der Waals surface area contributed by atoms with Crippen molar-refractivity contribution >= 4 is 28.9 Å². The van der Waals surface area contributed by atoms with Gasteiger partial charge in [-0.15, -0.1) is 0 Å². The van der Waals surface area contributed by atoms with Crippen LogP contribution in [0.1, 0.15) is 61.8 Å². The van der Waals surface area contributed by atoms with Gasteiger partial charge in [0.15, 0.2) is 5.65 Å². The summed E-state index contributed by atoms with van der Waals surface area (Å²) in [5, 5.41) is 13.7. The molecule has 37 heavy (non-hydrogen) atoms. The van der Waals surface area contributed by atoms with Gasteiger partial charge in [-0.25, -0.2) is 4.98 Å². The van der Waals surface area contributed by atoms with Crippen LogP contribution in [0.2, 0.25) is 0 Å². The fourth-order valence-corrected chi connectivity index (χ4v) is 5.36. The van der Waals surface area contributed by atoms with E-state index in [2.05, 4.69) is 26.0 Å². The molecule has 0 bridgehead atoms. The molecular weight excluding hydrogens is 474 g/mol. The van der Waals surface area contributed by atoms with Gasteiger partial charge in [0.2, 0.25) is 0 Å². The SMILES string of the molecule is CNc1cc(Nc2cccn([C@H]3CC[C@H](OC)CC3)c2=O)nc2c(C(=O)N[C@H]3CC[C@]3(C)OC)cnn12. The topological polar surface area (TPSA) is 124 Å². The first-order valence-corrected chi connectivity index (χ1v) is 12.8. The van der Waals surface area contributed by atoms with Crippen molar-refractivity contribution in [1.29, 1.82) is 0 Å². The lowest BCUT2D eigenvalue weighted by molar-refractivity contribution is -0.0828. The zero-order chi connectivity index (χ0) is 26.2. The predicted octanol–water partition coefficient (Wildman–Crippen LogP) is 3.10. The Kier molecular flexibility index (Phi) is 6.91. The van der Waals surface area contributed by atoms with E-state index >= 15 is 0 Å². The van der Waals surface area contributed by atoms with Crippen LogP contribution in [0.15, 0.2) is 35.4 Å². The lowest BCUT2D eigenvalue weighted by Gasteiger charge is -2.45. The van der Waals surface area contributed by atoms with Gasteiger partial charge in [-0.05, 0) is 57.6 Å². The maximum atomic E-state index is 13.3. The third-order valence-electron chi connectivity index (χ3n) is 8.02. The summed E-state index contributed by atoms with van der Waals surface area (Å²) in [7, 11) is 5.17. The number of hydrogen-bond donors (Lipinski definition) is 3. The number of nitrogens with one attached hydrogen (secondary N) is 3. The van der Waals surface area contributed by atoms with E-state index < -0.39 is 0 Å². The molecule has 2 aliphatic rings. The van der Waals surface area contributed by atoms with Gasteiger partial charge in [-0.3, -0.25) is 9.59 Å². The number of hydrogen-bond acceptors (Lipinski definition) is 8. The second-order valence-corrected chi connectivity index (χ2v) is 10.1. The molecule has 0 aliphatic heterocycles. The Morgan fingerprint density at radius 3 is 2.62 bits per heavy atom. The summed E-state index contributed by atoms with van der Waals surface area (Å²) in [5.74, 6) is 0.809. The number of amides is 1. The molecule has 198 valence electrons. The summed E-state index contributed by atoms with van der Waals surface area (Å²) >= 11 is 0. The summed E-state index contributed by atoms with van der Waals surface area (Å²) in [6.45, 7) is 1.99. The number of methoxy groups -OCH3 is 2. The molecular formula is C26H35N7O4. The van der Waals surface area contributed by atoms with Gasteiger partial charge >= 0.3 is 0 Å². The second kappa shape index (κ2) is 10.1. The maximum Gasteiger partial charge on any atom is 0.274 e. The zero-order valence-electron chi connectivity index (χ0n) is 21.8. The van der Waals surface area contributed by atoms with Crippen LogP contribution in [0.3, 0.4) is 0 Å². The average Bonchev–Trinajstić information content (AvgIpc) is 3.35. The molecule has 3 aromatic rings. The van der Waals surface area contributed by atoms with Gasteiger partial charge in [0.05, 0.1) is 23.9 Å². The largest absolute Gasteiger partial charge is 0.381 e. The van der Waals surface area contributed by atoms with Gasteiger partial charge in [0.25, 0.3) is 11.5 Å². The van der Waals surface area contributed by atoms with Crippen molar-refractivity contribution in [3.8, 4) is 0 Å². The molecule has 2 saturated carbocycles. The van der Waals surface area contributed by atoms with E-state index in [0.29, 0.717) is 28.5 Å². The van der Waals surface area contributed by atoms with Gasteiger partial charge in [-0.2, -0.15) is 9.61 Å². The molecule has 3 aromatic heterocycles. The first kappa shape index (κ1) is 25.2.